The molecule has 7 heteroatoms. The number of aliphatic hydroxyl groups excluding tert-OH is 1. The Labute approximate surface area is 99.0 Å². The Morgan fingerprint density at radius 1 is 1.65 bits per heavy atom. The van der Waals surface area contributed by atoms with Crippen LogP contribution >= 0.6 is 0 Å². The third kappa shape index (κ3) is 3.16. The maximum absolute atomic E-state index is 11.6. The lowest BCUT2D eigenvalue weighted by atomic mass is 10.1. The number of nitrogens with one attached hydrogen (secondary N) is 1. The van der Waals surface area contributed by atoms with E-state index in [0.29, 0.717) is 6.54 Å². The van der Waals surface area contributed by atoms with Gasteiger partial charge in [-0.05, 0) is 12.8 Å². The highest BCUT2D eigenvalue weighted by Gasteiger charge is 2.25. The van der Waals surface area contributed by atoms with Crippen molar-refractivity contribution in [3.05, 3.63) is 6.33 Å². The van der Waals surface area contributed by atoms with E-state index in [1.807, 2.05) is 0 Å². The van der Waals surface area contributed by atoms with Gasteiger partial charge in [-0.2, -0.15) is 0 Å². The minimum atomic E-state index is -0.280. The van der Waals surface area contributed by atoms with Gasteiger partial charge >= 0.3 is 0 Å². The fourth-order valence-corrected chi connectivity index (χ4v) is 2.09. The number of anilines is 1. The molecule has 7 nitrogen and oxygen atoms in total. The van der Waals surface area contributed by atoms with Crippen LogP contribution in [0.25, 0.3) is 0 Å². The van der Waals surface area contributed by atoms with E-state index in [4.69, 9.17) is 5.73 Å². The SMILES string of the molecule is Nc1ncn(CC(=O)NCC2CCCC2O)n1. The molecular formula is C10H17N5O2. The Bertz CT molecular complexity index is 392. The predicted molar refractivity (Wildman–Crippen MR) is 60.8 cm³/mol. The summed E-state index contributed by atoms with van der Waals surface area (Å²) in [4.78, 5) is 15.3. The molecule has 17 heavy (non-hydrogen) atoms. The summed E-state index contributed by atoms with van der Waals surface area (Å²) in [6.07, 6.45) is 3.97. The van der Waals surface area contributed by atoms with Gasteiger partial charge in [0, 0.05) is 12.5 Å². The second-order valence-corrected chi connectivity index (χ2v) is 4.36. The van der Waals surface area contributed by atoms with Gasteiger partial charge in [-0.3, -0.25) is 4.79 Å². The van der Waals surface area contributed by atoms with Crippen LogP contribution in [0.3, 0.4) is 0 Å². The molecule has 1 aliphatic carbocycles. The highest BCUT2D eigenvalue weighted by Crippen LogP contribution is 2.24. The third-order valence-electron chi connectivity index (χ3n) is 3.04. The van der Waals surface area contributed by atoms with Gasteiger partial charge in [0.2, 0.25) is 11.9 Å². The van der Waals surface area contributed by atoms with Crippen molar-refractivity contribution in [2.45, 2.75) is 31.9 Å². The smallest absolute Gasteiger partial charge is 0.241 e. The van der Waals surface area contributed by atoms with Gasteiger partial charge in [-0.15, -0.1) is 5.10 Å². The van der Waals surface area contributed by atoms with Crippen LogP contribution < -0.4 is 11.1 Å². The Kier molecular flexibility index (Phi) is 3.58. The van der Waals surface area contributed by atoms with Gasteiger partial charge in [0.05, 0.1) is 6.10 Å². The lowest BCUT2D eigenvalue weighted by Gasteiger charge is -2.14. The molecule has 1 aliphatic rings. The predicted octanol–water partition coefficient (Wildman–Crippen LogP) is -0.862. The van der Waals surface area contributed by atoms with Gasteiger partial charge in [0.15, 0.2) is 0 Å². The zero-order valence-electron chi connectivity index (χ0n) is 9.54. The molecular weight excluding hydrogens is 222 g/mol. The van der Waals surface area contributed by atoms with E-state index in [2.05, 4.69) is 15.4 Å². The van der Waals surface area contributed by atoms with E-state index in [1.165, 1.54) is 11.0 Å². The van der Waals surface area contributed by atoms with Crippen molar-refractivity contribution in [2.24, 2.45) is 5.92 Å². The van der Waals surface area contributed by atoms with Crippen molar-refractivity contribution in [3.63, 3.8) is 0 Å². The number of nitrogen functional groups attached to an aromatic ring is 1. The number of carbonyl (C=O) groups is 1. The van der Waals surface area contributed by atoms with Gasteiger partial charge in [-0.25, -0.2) is 9.67 Å². The van der Waals surface area contributed by atoms with E-state index in [0.717, 1.165) is 19.3 Å². The second kappa shape index (κ2) is 5.13. The Morgan fingerprint density at radius 2 is 2.47 bits per heavy atom. The van der Waals surface area contributed by atoms with Crippen LogP contribution in [0.2, 0.25) is 0 Å². The quantitative estimate of drug-likeness (QED) is 0.633. The minimum absolute atomic E-state index is 0.104. The molecule has 0 bridgehead atoms. The summed E-state index contributed by atoms with van der Waals surface area (Å²) in [5.41, 5.74) is 5.34. The maximum Gasteiger partial charge on any atom is 0.241 e. The summed E-state index contributed by atoms with van der Waals surface area (Å²) in [5.74, 6) is 0.192. The second-order valence-electron chi connectivity index (χ2n) is 4.36. The lowest BCUT2D eigenvalue weighted by Crippen LogP contribution is -2.34. The van der Waals surface area contributed by atoms with E-state index < -0.39 is 0 Å². The highest BCUT2D eigenvalue weighted by atomic mass is 16.3. The van der Waals surface area contributed by atoms with E-state index in [-0.39, 0.29) is 30.4 Å². The van der Waals surface area contributed by atoms with Crippen LogP contribution in [0, 0.1) is 5.92 Å². The van der Waals surface area contributed by atoms with Crippen molar-refractivity contribution in [1.82, 2.24) is 20.1 Å². The summed E-state index contributed by atoms with van der Waals surface area (Å²) in [6.45, 7) is 0.622. The molecule has 2 atom stereocenters. The molecule has 94 valence electrons. The fourth-order valence-electron chi connectivity index (χ4n) is 2.09. The number of rotatable bonds is 4. The average Bonchev–Trinajstić information content (AvgIpc) is 2.85. The molecule has 0 aromatic carbocycles. The van der Waals surface area contributed by atoms with Gasteiger partial charge in [-0.1, -0.05) is 6.42 Å². The first kappa shape index (κ1) is 11.8. The van der Waals surface area contributed by atoms with E-state index >= 15 is 0 Å². The number of carbonyl (C=O) groups excluding carboxylic acids is 1. The normalized spacial score (nSPS) is 23.8. The first-order valence-corrected chi connectivity index (χ1v) is 5.75. The monoisotopic (exact) mass is 239 g/mol. The number of hydrogen-bond donors (Lipinski definition) is 3. The molecule has 1 aromatic heterocycles. The van der Waals surface area contributed by atoms with Gasteiger partial charge in [0.1, 0.15) is 12.9 Å². The van der Waals surface area contributed by atoms with Gasteiger partial charge in [0.25, 0.3) is 0 Å². The average molecular weight is 239 g/mol. The van der Waals surface area contributed by atoms with Crippen molar-refractivity contribution < 1.29 is 9.90 Å². The molecule has 0 spiro atoms. The molecule has 0 radical (unpaired) electrons. The topological polar surface area (TPSA) is 106 Å². The van der Waals surface area contributed by atoms with Crippen LogP contribution in [0.1, 0.15) is 19.3 Å². The first-order valence-electron chi connectivity index (χ1n) is 5.75. The lowest BCUT2D eigenvalue weighted by molar-refractivity contribution is -0.122. The van der Waals surface area contributed by atoms with Crippen molar-refractivity contribution in [1.29, 1.82) is 0 Å². The zero-order chi connectivity index (χ0) is 12.3. The largest absolute Gasteiger partial charge is 0.393 e. The number of amides is 1. The number of nitrogens with two attached hydrogens (primary N) is 1. The van der Waals surface area contributed by atoms with Crippen LogP contribution in [-0.2, 0) is 11.3 Å². The summed E-state index contributed by atoms with van der Waals surface area (Å²) in [6, 6.07) is 0. The molecule has 1 saturated carbocycles. The van der Waals surface area contributed by atoms with E-state index in [1.54, 1.807) is 0 Å². The fraction of sp³-hybridized carbons (Fsp3) is 0.700. The van der Waals surface area contributed by atoms with Crippen LogP contribution in [0.5, 0.6) is 0 Å². The summed E-state index contributed by atoms with van der Waals surface area (Å²) >= 11 is 0. The van der Waals surface area contributed by atoms with Crippen LogP contribution in [0.15, 0.2) is 6.33 Å². The standard InChI is InChI=1S/C10H17N5O2/c11-10-13-6-15(14-10)5-9(17)12-4-7-2-1-3-8(7)16/h6-8,16H,1-5H2,(H2,11,14)(H,12,17). The first-order chi connectivity index (χ1) is 8.15. The molecule has 1 aromatic rings. The summed E-state index contributed by atoms with van der Waals surface area (Å²) in [5, 5.41) is 16.2. The summed E-state index contributed by atoms with van der Waals surface area (Å²) in [7, 11) is 0. The molecule has 2 unspecified atom stereocenters. The van der Waals surface area contributed by atoms with Gasteiger partial charge < -0.3 is 16.2 Å². The Balaban J connectivity index is 1.74. The Morgan fingerprint density at radius 3 is 3.06 bits per heavy atom. The third-order valence-corrected chi connectivity index (χ3v) is 3.04. The van der Waals surface area contributed by atoms with E-state index in [9.17, 15) is 9.90 Å². The molecule has 4 N–H and O–H groups in total. The minimum Gasteiger partial charge on any atom is -0.393 e. The molecule has 2 rings (SSSR count). The van der Waals surface area contributed by atoms with Crippen molar-refractivity contribution in [2.75, 3.05) is 12.3 Å². The number of aromatic nitrogens is 3. The number of hydrogen-bond acceptors (Lipinski definition) is 5. The Hall–Kier alpha value is -1.63. The van der Waals surface area contributed by atoms with Crippen molar-refractivity contribution in [3.8, 4) is 0 Å². The molecule has 0 saturated heterocycles. The van der Waals surface area contributed by atoms with Crippen LogP contribution in [0.4, 0.5) is 5.95 Å². The molecule has 1 heterocycles. The number of nitrogens with zero attached hydrogens (tertiary/aromatic N) is 3. The summed E-state index contributed by atoms with van der Waals surface area (Å²) < 4.78 is 1.38. The molecule has 0 aliphatic heterocycles. The highest BCUT2D eigenvalue weighted by molar-refractivity contribution is 5.75. The van der Waals surface area contributed by atoms with Crippen molar-refractivity contribution >= 4 is 11.9 Å². The molecule has 1 fully saturated rings. The molecule has 1 amide bonds. The zero-order valence-corrected chi connectivity index (χ0v) is 9.54. The van der Waals surface area contributed by atoms with Crippen LogP contribution in [-0.4, -0.2) is 38.4 Å². The maximum atomic E-state index is 11.6. The number of aliphatic hydroxyl groups is 1.